The van der Waals surface area contributed by atoms with E-state index in [1.54, 1.807) is 20.8 Å². The molecule has 0 radical (unpaired) electrons. The van der Waals surface area contributed by atoms with Crippen molar-refractivity contribution in [3.05, 3.63) is 0 Å². The molecular formula is C13H22N4O3. The Bertz CT molecular complexity index is 414. The second-order valence-electron chi connectivity index (χ2n) is 5.15. The molecule has 20 heavy (non-hydrogen) atoms. The van der Waals surface area contributed by atoms with Gasteiger partial charge in [-0.15, -0.1) is 0 Å². The highest BCUT2D eigenvalue weighted by molar-refractivity contribution is 5.91. The van der Waals surface area contributed by atoms with Crippen molar-refractivity contribution in [1.29, 1.82) is 5.26 Å². The van der Waals surface area contributed by atoms with Gasteiger partial charge in [-0.2, -0.15) is 5.26 Å². The molecule has 7 nitrogen and oxygen atoms in total. The summed E-state index contributed by atoms with van der Waals surface area (Å²) in [6, 6.07) is 0.252. The minimum atomic E-state index is -0.933. The van der Waals surface area contributed by atoms with Crippen molar-refractivity contribution in [2.24, 2.45) is 17.6 Å². The van der Waals surface area contributed by atoms with Crippen molar-refractivity contribution in [2.45, 2.75) is 46.2 Å². The average molecular weight is 282 g/mol. The summed E-state index contributed by atoms with van der Waals surface area (Å²) in [5.41, 5.74) is 5.24. The molecule has 0 aromatic carbocycles. The third-order valence-electron chi connectivity index (χ3n) is 2.89. The van der Waals surface area contributed by atoms with Gasteiger partial charge in [0.1, 0.15) is 12.1 Å². The van der Waals surface area contributed by atoms with Crippen molar-refractivity contribution < 1.29 is 14.4 Å². The third kappa shape index (κ3) is 5.69. The van der Waals surface area contributed by atoms with Gasteiger partial charge in [-0.05, 0) is 11.8 Å². The van der Waals surface area contributed by atoms with E-state index in [4.69, 9.17) is 11.0 Å². The van der Waals surface area contributed by atoms with Crippen LogP contribution in [0.25, 0.3) is 0 Å². The number of carbonyl (C=O) groups excluding carboxylic acids is 3. The van der Waals surface area contributed by atoms with E-state index < -0.39 is 29.8 Å². The van der Waals surface area contributed by atoms with Crippen LogP contribution in [0.5, 0.6) is 0 Å². The Morgan fingerprint density at radius 2 is 1.70 bits per heavy atom. The first-order chi connectivity index (χ1) is 9.20. The number of hydrogen-bond acceptors (Lipinski definition) is 4. The molecule has 0 saturated carbocycles. The summed E-state index contributed by atoms with van der Waals surface area (Å²) in [7, 11) is 0. The lowest BCUT2D eigenvalue weighted by molar-refractivity contribution is -0.132. The SMILES string of the molecule is CC(=O)N[C@@H](C(=O)N[C@H](C(N)=O)[C@H](C)CC#N)C(C)C. The van der Waals surface area contributed by atoms with Gasteiger partial charge in [-0.25, -0.2) is 0 Å². The summed E-state index contributed by atoms with van der Waals surface area (Å²) < 4.78 is 0. The van der Waals surface area contributed by atoms with Crippen molar-refractivity contribution in [3.63, 3.8) is 0 Å². The molecule has 0 unspecified atom stereocenters. The molecule has 0 spiro atoms. The fourth-order valence-corrected chi connectivity index (χ4v) is 1.75. The van der Waals surface area contributed by atoms with E-state index in [1.165, 1.54) is 6.92 Å². The summed E-state index contributed by atoms with van der Waals surface area (Å²) in [5.74, 6) is -2.06. The summed E-state index contributed by atoms with van der Waals surface area (Å²) in [6.45, 7) is 6.52. The van der Waals surface area contributed by atoms with Crippen molar-refractivity contribution in [2.75, 3.05) is 0 Å². The van der Waals surface area contributed by atoms with Gasteiger partial charge in [-0.1, -0.05) is 20.8 Å². The van der Waals surface area contributed by atoms with Crippen molar-refractivity contribution in [1.82, 2.24) is 10.6 Å². The Hall–Kier alpha value is -2.10. The minimum absolute atomic E-state index is 0.0976. The van der Waals surface area contributed by atoms with Gasteiger partial charge in [0, 0.05) is 13.3 Å². The zero-order valence-corrected chi connectivity index (χ0v) is 12.3. The number of hydrogen-bond donors (Lipinski definition) is 3. The zero-order chi connectivity index (χ0) is 15.9. The van der Waals surface area contributed by atoms with Crippen LogP contribution in [0.1, 0.15) is 34.1 Å². The molecule has 0 fully saturated rings. The second-order valence-corrected chi connectivity index (χ2v) is 5.15. The molecule has 3 amide bonds. The molecule has 7 heteroatoms. The Kier molecular flexibility index (Phi) is 7.29. The molecule has 4 N–H and O–H groups in total. The largest absolute Gasteiger partial charge is 0.368 e. The molecule has 0 aromatic rings. The molecule has 0 saturated heterocycles. The standard InChI is InChI=1S/C13H22N4O3/c1-7(2)10(16-9(4)18)13(20)17-11(12(15)19)8(3)5-6-14/h7-8,10-11H,5H2,1-4H3,(H2,15,19)(H,16,18)(H,17,20)/t8-,10-,11+/m1/s1. The van der Waals surface area contributed by atoms with E-state index >= 15 is 0 Å². The smallest absolute Gasteiger partial charge is 0.243 e. The predicted molar refractivity (Wildman–Crippen MR) is 73.0 cm³/mol. The van der Waals surface area contributed by atoms with Crippen LogP contribution in [0, 0.1) is 23.2 Å². The predicted octanol–water partition coefficient (Wildman–Crippen LogP) is -0.333. The number of nitriles is 1. The van der Waals surface area contributed by atoms with Gasteiger partial charge in [0.2, 0.25) is 17.7 Å². The molecule has 0 aliphatic rings. The summed E-state index contributed by atoms with van der Waals surface area (Å²) in [5, 5.41) is 13.7. The molecule has 112 valence electrons. The number of nitrogens with two attached hydrogens (primary N) is 1. The van der Waals surface area contributed by atoms with Crippen LogP contribution in [0.15, 0.2) is 0 Å². The van der Waals surface area contributed by atoms with E-state index in [0.29, 0.717) is 0 Å². The van der Waals surface area contributed by atoms with Crippen LogP contribution in [0.3, 0.4) is 0 Å². The Morgan fingerprint density at radius 3 is 2.05 bits per heavy atom. The van der Waals surface area contributed by atoms with Crippen LogP contribution in [-0.2, 0) is 14.4 Å². The fraction of sp³-hybridized carbons (Fsp3) is 0.692. The highest BCUT2D eigenvalue weighted by Gasteiger charge is 2.29. The Balaban J connectivity index is 4.93. The highest BCUT2D eigenvalue weighted by Crippen LogP contribution is 2.09. The van der Waals surface area contributed by atoms with E-state index in [0.717, 1.165) is 0 Å². The van der Waals surface area contributed by atoms with E-state index in [1.807, 2.05) is 6.07 Å². The second kappa shape index (κ2) is 8.15. The highest BCUT2D eigenvalue weighted by atomic mass is 16.2. The number of nitrogens with one attached hydrogen (secondary N) is 2. The lowest BCUT2D eigenvalue weighted by Crippen LogP contribution is -2.56. The average Bonchev–Trinajstić information content (AvgIpc) is 2.31. The van der Waals surface area contributed by atoms with Crippen LogP contribution in [0.4, 0.5) is 0 Å². The van der Waals surface area contributed by atoms with Gasteiger partial charge < -0.3 is 16.4 Å². The molecule has 0 aliphatic carbocycles. The minimum Gasteiger partial charge on any atom is -0.368 e. The monoisotopic (exact) mass is 282 g/mol. The molecule has 0 rings (SSSR count). The third-order valence-corrected chi connectivity index (χ3v) is 2.89. The maximum Gasteiger partial charge on any atom is 0.243 e. The maximum absolute atomic E-state index is 12.1. The molecule has 3 atom stereocenters. The molecule has 0 bridgehead atoms. The molecular weight excluding hydrogens is 260 g/mol. The first-order valence-corrected chi connectivity index (χ1v) is 6.44. The molecule has 0 heterocycles. The van der Waals surface area contributed by atoms with Gasteiger partial charge in [0.05, 0.1) is 6.07 Å². The Morgan fingerprint density at radius 1 is 1.15 bits per heavy atom. The first-order valence-electron chi connectivity index (χ1n) is 6.44. The number of carbonyl (C=O) groups is 3. The van der Waals surface area contributed by atoms with Crippen molar-refractivity contribution in [3.8, 4) is 6.07 Å². The summed E-state index contributed by atoms with van der Waals surface area (Å²) >= 11 is 0. The maximum atomic E-state index is 12.1. The first kappa shape index (κ1) is 17.9. The normalized spacial score (nSPS) is 14.8. The topological polar surface area (TPSA) is 125 Å². The number of amides is 3. The van der Waals surface area contributed by atoms with Crippen LogP contribution >= 0.6 is 0 Å². The fourth-order valence-electron chi connectivity index (χ4n) is 1.75. The lowest BCUT2D eigenvalue weighted by Gasteiger charge is -2.26. The van der Waals surface area contributed by atoms with E-state index in [2.05, 4.69) is 10.6 Å². The van der Waals surface area contributed by atoms with E-state index in [9.17, 15) is 14.4 Å². The van der Waals surface area contributed by atoms with Crippen LogP contribution in [0.2, 0.25) is 0 Å². The van der Waals surface area contributed by atoms with Crippen LogP contribution in [-0.4, -0.2) is 29.8 Å². The quantitative estimate of drug-likeness (QED) is 0.591. The van der Waals surface area contributed by atoms with E-state index in [-0.39, 0.29) is 18.2 Å². The summed E-state index contributed by atoms with van der Waals surface area (Å²) in [4.78, 5) is 34.6. The number of rotatable bonds is 7. The Labute approximate surface area is 118 Å². The summed E-state index contributed by atoms with van der Waals surface area (Å²) in [6.07, 6.45) is 0.0976. The molecule has 0 aliphatic heterocycles. The van der Waals surface area contributed by atoms with Gasteiger partial charge in [-0.3, -0.25) is 14.4 Å². The van der Waals surface area contributed by atoms with Crippen molar-refractivity contribution >= 4 is 17.7 Å². The number of primary amides is 1. The van der Waals surface area contributed by atoms with Gasteiger partial charge in [0.15, 0.2) is 0 Å². The zero-order valence-electron chi connectivity index (χ0n) is 12.3. The number of nitrogens with zero attached hydrogens (tertiary/aromatic N) is 1. The molecule has 0 aromatic heterocycles. The van der Waals surface area contributed by atoms with Gasteiger partial charge in [0.25, 0.3) is 0 Å². The van der Waals surface area contributed by atoms with Gasteiger partial charge >= 0.3 is 0 Å². The van der Waals surface area contributed by atoms with Crippen LogP contribution < -0.4 is 16.4 Å². The lowest BCUT2D eigenvalue weighted by atomic mass is 9.96.